The molecular formula is C12H14N2O4. The van der Waals surface area contributed by atoms with Gasteiger partial charge in [-0.25, -0.2) is 4.79 Å². The highest BCUT2D eigenvalue weighted by Crippen LogP contribution is 2.19. The van der Waals surface area contributed by atoms with E-state index in [9.17, 15) is 14.7 Å². The fourth-order valence-corrected chi connectivity index (χ4v) is 2.10. The Kier molecular flexibility index (Phi) is 3.57. The number of likely N-dealkylation sites (tertiary alicyclic amines) is 1. The number of pyridine rings is 1. The van der Waals surface area contributed by atoms with E-state index in [4.69, 9.17) is 5.11 Å². The minimum absolute atomic E-state index is 0.0842. The van der Waals surface area contributed by atoms with Crippen LogP contribution in [-0.4, -0.2) is 50.7 Å². The number of rotatable bonds is 3. The van der Waals surface area contributed by atoms with Gasteiger partial charge in [-0.2, -0.15) is 0 Å². The number of amides is 1. The van der Waals surface area contributed by atoms with Crippen LogP contribution in [0, 0.1) is 0 Å². The van der Waals surface area contributed by atoms with Crippen molar-refractivity contribution in [3.8, 4) is 0 Å². The molecule has 2 heterocycles. The van der Waals surface area contributed by atoms with Crippen LogP contribution in [0.2, 0.25) is 0 Å². The quantitative estimate of drug-likeness (QED) is 0.766. The van der Waals surface area contributed by atoms with Gasteiger partial charge in [0.25, 0.3) is 0 Å². The zero-order valence-corrected chi connectivity index (χ0v) is 9.69. The number of nitrogens with zero attached hydrogens (tertiary/aromatic N) is 2. The van der Waals surface area contributed by atoms with Crippen molar-refractivity contribution in [2.24, 2.45) is 0 Å². The number of carboxylic acid groups (broad SMARTS) is 1. The molecule has 0 aromatic carbocycles. The Bertz CT molecular complexity index is 449. The van der Waals surface area contributed by atoms with Gasteiger partial charge >= 0.3 is 5.97 Å². The summed E-state index contributed by atoms with van der Waals surface area (Å²) in [4.78, 5) is 28.1. The average molecular weight is 250 g/mol. The maximum atomic E-state index is 12.0. The Hall–Kier alpha value is -1.95. The number of hydrogen-bond donors (Lipinski definition) is 2. The molecule has 0 bridgehead atoms. The Balaban J connectivity index is 2.06. The second kappa shape index (κ2) is 5.14. The number of aliphatic hydroxyl groups excluding tert-OH is 1. The van der Waals surface area contributed by atoms with Crippen LogP contribution < -0.4 is 0 Å². The molecule has 6 nitrogen and oxygen atoms in total. The maximum Gasteiger partial charge on any atom is 0.326 e. The van der Waals surface area contributed by atoms with Gasteiger partial charge in [-0.05, 0) is 17.7 Å². The lowest BCUT2D eigenvalue weighted by Crippen LogP contribution is -2.41. The molecule has 18 heavy (non-hydrogen) atoms. The number of carbonyl (C=O) groups excluding carboxylic acids is 1. The summed E-state index contributed by atoms with van der Waals surface area (Å²) in [5.41, 5.74) is 0.778. The predicted octanol–water partition coefficient (Wildman–Crippen LogP) is -0.330. The lowest BCUT2D eigenvalue weighted by atomic mass is 10.1. The third-order valence-corrected chi connectivity index (χ3v) is 2.99. The van der Waals surface area contributed by atoms with Gasteiger partial charge in [-0.3, -0.25) is 9.78 Å². The summed E-state index contributed by atoms with van der Waals surface area (Å²) in [6.45, 7) is 0.0842. The number of carboxylic acids is 1. The minimum Gasteiger partial charge on any atom is -0.480 e. The third-order valence-electron chi connectivity index (χ3n) is 2.99. The van der Waals surface area contributed by atoms with Crippen LogP contribution in [0.5, 0.6) is 0 Å². The smallest absolute Gasteiger partial charge is 0.326 e. The zero-order chi connectivity index (χ0) is 13.1. The maximum absolute atomic E-state index is 12.0. The molecule has 0 unspecified atom stereocenters. The molecule has 1 fully saturated rings. The van der Waals surface area contributed by atoms with Crippen LogP contribution >= 0.6 is 0 Å². The Morgan fingerprint density at radius 3 is 2.67 bits per heavy atom. The van der Waals surface area contributed by atoms with Crippen molar-refractivity contribution in [3.63, 3.8) is 0 Å². The summed E-state index contributed by atoms with van der Waals surface area (Å²) in [5.74, 6) is -1.36. The molecule has 1 aromatic heterocycles. The van der Waals surface area contributed by atoms with Gasteiger partial charge in [0, 0.05) is 25.4 Å². The van der Waals surface area contributed by atoms with E-state index in [1.165, 1.54) is 4.90 Å². The summed E-state index contributed by atoms with van der Waals surface area (Å²) in [7, 11) is 0. The number of aliphatic hydroxyl groups is 1. The van der Waals surface area contributed by atoms with Crippen molar-refractivity contribution < 1.29 is 19.8 Å². The number of aromatic nitrogens is 1. The molecule has 0 aliphatic carbocycles. The van der Waals surface area contributed by atoms with E-state index < -0.39 is 18.1 Å². The zero-order valence-electron chi connectivity index (χ0n) is 9.69. The standard InChI is InChI=1S/C12H14N2O4/c15-9-6-10(12(17)18)14(7-9)11(16)5-8-1-3-13-4-2-8/h1-4,9-10,15H,5-7H2,(H,17,18)/t9-,10-/m0/s1. The molecule has 1 aliphatic heterocycles. The normalized spacial score (nSPS) is 23.1. The molecule has 1 saturated heterocycles. The summed E-state index contributed by atoms with van der Waals surface area (Å²) in [6.07, 6.45) is 2.62. The van der Waals surface area contributed by atoms with E-state index in [-0.39, 0.29) is 25.3 Å². The SMILES string of the molecule is O=C(O)[C@@H]1C[C@H](O)CN1C(=O)Cc1ccncc1. The molecule has 0 radical (unpaired) electrons. The molecule has 2 atom stereocenters. The first-order chi connectivity index (χ1) is 8.58. The third kappa shape index (κ3) is 2.65. The van der Waals surface area contributed by atoms with E-state index in [2.05, 4.69) is 4.98 Å². The Morgan fingerprint density at radius 2 is 2.06 bits per heavy atom. The van der Waals surface area contributed by atoms with Crippen molar-refractivity contribution in [1.82, 2.24) is 9.88 Å². The fourth-order valence-electron chi connectivity index (χ4n) is 2.10. The fraction of sp³-hybridized carbons (Fsp3) is 0.417. The van der Waals surface area contributed by atoms with Gasteiger partial charge in [0.2, 0.25) is 5.91 Å². The second-order valence-corrected chi connectivity index (χ2v) is 4.32. The van der Waals surface area contributed by atoms with E-state index >= 15 is 0 Å². The summed E-state index contributed by atoms with van der Waals surface area (Å²) in [6, 6.07) is 2.50. The van der Waals surface area contributed by atoms with Gasteiger partial charge in [-0.15, -0.1) is 0 Å². The minimum atomic E-state index is -1.07. The van der Waals surface area contributed by atoms with Crippen LogP contribution in [0.3, 0.4) is 0 Å². The lowest BCUT2D eigenvalue weighted by Gasteiger charge is -2.21. The highest BCUT2D eigenvalue weighted by molar-refractivity contribution is 5.85. The van der Waals surface area contributed by atoms with E-state index in [0.717, 1.165) is 5.56 Å². The van der Waals surface area contributed by atoms with Crippen LogP contribution in [0.4, 0.5) is 0 Å². The van der Waals surface area contributed by atoms with Crippen LogP contribution in [0.25, 0.3) is 0 Å². The summed E-state index contributed by atoms with van der Waals surface area (Å²) < 4.78 is 0. The number of aliphatic carboxylic acids is 1. The van der Waals surface area contributed by atoms with E-state index in [1.54, 1.807) is 24.5 Å². The number of carbonyl (C=O) groups is 2. The molecule has 2 rings (SSSR count). The first kappa shape index (κ1) is 12.5. The van der Waals surface area contributed by atoms with Gasteiger partial charge < -0.3 is 15.1 Å². The largest absolute Gasteiger partial charge is 0.480 e. The molecule has 0 saturated carbocycles. The first-order valence-electron chi connectivity index (χ1n) is 5.67. The number of hydrogen-bond acceptors (Lipinski definition) is 4. The molecular weight excluding hydrogens is 236 g/mol. The van der Waals surface area contributed by atoms with Gasteiger partial charge in [0.05, 0.1) is 12.5 Å². The molecule has 0 spiro atoms. The van der Waals surface area contributed by atoms with Gasteiger partial charge in [-0.1, -0.05) is 0 Å². The van der Waals surface area contributed by atoms with Crippen LogP contribution in [0.1, 0.15) is 12.0 Å². The van der Waals surface area contributed by atoms with Gasteiger partial charge in [0.1, 0.15) is 6.04 Å². The lowest BCUT2D eigenvalue weighted by molar-refractivity contribution is -0.148. The molecule has 1 aromatic rings. The summed E-state index contributed by atoms with van der Waals surface area (Å²) >= 11 is 0. The Morgan fingerprint density at radius 1 is 1.39 bits per heavy atom. The average Bonchev–Trinajstić information content (AvgIpc) is 2.73. The van der Waals surface area contributed by atoms with Crippen LogP contribution in [0.15, 0.2) is 24.5 Å². The highest BCUT2D eigenvalue weighted by Gasteiger charge is 2.38. The Labute approximate surface area is 104 Å². The molecule has 96 valence electrons. The topological polar surface area (TPSA) is 90.7 Å². The predicted molar refractivity (Wildman–Crippen MR) is 61.7 cm³/mol. The van der Waals surface area contributed by atoms with E-state index in [0.29, 0.717) is 0 Å². The highest BCUT2D eigenvalue weighted by atomic mass is 16.4. The van der Waals surface area contributed by atoms with Crippen LogP contribution in [-0.2, 0) is 16.0 Å². The van der Waals surface area contributed by atoms with Crippen molar-refractivity contribution in [3.05, 3.63) is 30.1 Å². The van der Waals surface area contributed by atoms with Crippen molar-refractivity contribution in [2.45, 2.75) is 25.0 Å². The van der Waals surface area contributed by atoms with Crippen molar-refractivity contribution >= 4 is 11.9 Å². The number of β-amino-alcohol motifs (C(OH)–C–C–N with tert-alkyl or cyclic N) is 1. The summed E-state index contributed by atoms with van der Waals surface area (Å²) in [5, 5.41) is 18.5. The molecule has 6 heteroatoms. The first-order valence-corrected chi connectivity index (χ1v) is 5.67. The monoisotopic (exact) mass is 250 g/mol. The second-order valence-electron chi connectivity index (χ2n) is 4.32. The van der Waals surface area contributed by atoms with Crippen molar-refractivity contribution in [2.75, 3.05) is 6.54 Å². The van der Waals surface area contributed by atoms with Crippen molar-refractivity contribution in [1.29, 1.82) is 0 Å². The molecule has 1 amide bonds. The van der Waals surface area contributed by atoms with Gasteiger partial charge in [0.15, 0.2) is 0 Å². The molecule has 1 aliphatic rings. The molecule has 2 N–H and O–H groups in total. The van der Waals surface area contributed by atoms with E-state index in [1.807, 2.05) is 0 Å².